The fourth-order valence-corrected chi connectivity index (χ4v) is 2.95. The van der Waals surface area contributed by atoms with E-state index in [1.165, 1.54) is 12.8 Å². The fourth-order valence-electron chi connectivity index (χ4n) is 2.43. The number of oxazole rings is 1. The van der Waals surface area contributed by atoms with Crippen molar-refractivity contribution >= 4 is 34.3 Å². The Hall–Kier alpha value is -0.770. The summed E-state index contributed by atoms with van der Waals surface area (Å²) in [5.41, 5.74) is 1.39. The van der Waals surface area contributed by atoms with E-state index in [1.807, 2.05) is 0 Å². The van der Waals surface area contributed by atoms with Gasteiger partial charge in [0.1, 0.15) is 5.52 Å². The first kappa shape index (κ1) is 12.3. The lowest BCUT2D eigenvalue weighted by atomic mass is 9.95. The molecular weight excluding hydrogens is 271 g/mol. The van der Waals surface area contributed by atoms with Gasteiger partial charge in [0.25, 0.3) is 0 Å². The van der Waals surface area contributed by atoms with E-state index >= 15 is 0 Å². The lowest BCUT2D eigenvalue weighted by Crippen LogP contribution is -2.28. The van der Waals surface area contributed by atoms with Crippen LogP contribution in [0, 0.1) is 5.92 Å². The van der Waals surface area contributed by atoms with E-state index in [2.05, 4.69) is 10.3 Å². The fraction of sp³-hybridized carbons (Fsp3) is 0.462. The van der Waals surface area contributed by atoms with Crippen molar-refractivity contribution in [1.82, 2.24) is 10.3 Å². The van der Waals surface area contributed by atoms with E-state index in [-0.39, 0.29) is 0 Å². The van der Waals surface area contributed by atoms with Gasteiger partial charge in [-0.05, 0) is 44.0 Å². The van der Waals surface area contributed by atoms with Gasteiger partial charge in [0.15, 0.2) is 11.5 Å². The Morgan fingerprint density at radius 3 is 2.83 bits per heavy atom. The summed E-state index contributed by atoms with van der Waals surface area (Å²) in [7, 11) is 0. The Labute approximate surface area is 115 Å². The van der Waals surface area contributed by atoms with Crippen LogP contribution >= 0.6 is 23.2 Å². The normalized spacial score (nSPS) is 17.4. The van der Waals surface area contributed by atoms with Crippen molar-refractivity contribution in [1.29, 1.82) is 0 Å². The van der Waals surface area contributed by atoms with Crippen LogP contribution in [0.3, 0.4) is 0 Å². The number of nitrogens with zero attached hydrogens (tertiary/aromatic N) is 1. The third-order valence-electron chi connectivity index (χ3n) is 3.38. The predicted octanol–water partition coefficient (Wildman–Crippen LogP) is 3.68. The summed E-state index contributed by atoms with van der Waals surface area (Å²) >= 11 is 12.0. The van der Waals surface area contributed by atoms with Crippen LogP contribution in [-0.4, -0.2) is 18.1 Å². The summed E-state index contributed by atoms with van der Waals surface area (Å²) < 4.78 is 5.73. The van der Waals surface area contributed by atoms with Gasteiger partial charge in [-0.15, -0.1) is 0 Å². The molecule has 0 spiro atoms. The Morgan fingerprint density at radius 2 is 2.06 bits per heavy atom. The Kier molecular flexibility index (Phi) is 3.46. The van der Waals surface area contributed by atoms with Gasteiger partial charge in [-0.2, -0.15) is 0 Å². The first-order valence-corrected chi connectivity index (χ1v) is 6.93. The number of aromatic nitrogens is 1. The highest BCUT2D eigenvalue weighted by molar-refractivity contribution is 6.37. The molecule has 96 valence electrons. The van der Waals surface area contributed by atoms with Crippen LogP contribution in [0.5, 0.6) is 0 Å². The predicted molar refractivity (Wildman–Crippen MR) is 73.3 cm³/mol. The summed E-state index contributed by atoms with van der Waals surface area (Å²) in [4.78, 5) is 4.47. The Bertz CT molecular complexity index is 561. The van der Waals surface area contributed by atoms with E-state index in [4.69, 9.17) is 27.6 Å². The van der Waals surface area contributed by atoms with E-state index in [0.717, 1.165) is 30.9 Å². The minimum absolute atomic E-state index is 0.529. The quantitative estimate of drug-likeness (QED) is 0.914. The summed E-state index contributed by atoms with van der Waals surface area (Å²) in [5, 5.41) is 4.48. The average Bonchev–Trinajstić information content (AvgIpc) is 2.73. The van der Waals surface area contributed by atoms with Crippen LogP contribution in [0.1, 0.15) is 18.7 Å². The molecule has 0 unspecified atom stereocenters. The van der Waals surface area contributed by atoms with Crippen molar-refractivity contribution in [3.8, 4) is 0 Å². The summed E-state index contributed by atoms with van der Waals surface area (Å²) in [6.07, 6.45) is 3.23. The van der Waals surface area contributed by atoms with Gasteiger partial charge in [0, 0.05) is 11.4 Å². The molecule has 1 aromatic carbocycles. The zero-order valence-corrected chi connectivity index (χ0v) is 11.4. The number of benzene rings is 1. The zero-order chi connectivity index (χ0) is 12.5. The molecule has 1 N–H and O–H groups in total. The van der Waals surface area contributed by atoms with Gasteiger partial charge in [-0.1, -0.05) is 23.2 Å². The van der Waals surface area contributed by atoms with Crippen LogP contribution < -0.4 is 5.32 Å². The minimum atomic E-state index is 0.529. The summed E-state index contributed by atoms with van der Waals surface area (Å²) in [6, 6.07) is 3.48. The molecule has 1 fully saturated rings. The molecule has 2 aromatic rings. The van der Waals surface area contributed by atoms with Crippen molar-refractivity contribution in [2.45, 2.75) is 19.3 Å². The van der Waals surface area contributed by atoms with E-state index < -0.39 is 0 Å². The molecule has 0 aliphatic carbocycles. The van der Waals surface area contributed by atoms with Crippen LogP contribution in [0.4, 0.5) is 0 Å². The molecule has 0 amide bonds. The topological polar surface area (TPSA) is 38.1 Å². The number of fused-ring (bicyclic) bond motifs is 1. The van der Waals surface area contributed by atoms with Crippen molar-refractivity contribution in [2.75, 3.05) is 13.1 Å². The lowest BCUT2D eigenvalue weighted by molar-refractivity contribution is 0.346. The minimum Gasteiger partial charge on any atom is -0.439 e. The van der Waals surface area contributed by atoms with Gasteiger partial charge in [-0.3, -0.25) is 0 Å². The molecule has 1 saturated heterocycles. The number of hydrogen-bond donors (Lipinski definition) is 1. The molecular formula is C13H14Cl2N2O. The smallest absolute Gasteiger partial charge is 0.195 e. The molecule has 0 radical (unpaired) electrons. The van der Waals surface area contributed by atoms with E-state index in [0.29, 0.717) is 21.5 Å². The summed E-state index contributed by atoms with van der Waals surface area (Å²) in [6.45, 7) is 2.16. The highest BCUT2D eigenvalue weighted by atomic mass is 35.5. The van der Waals surface area contributed by atoms with E-state index in [1.54, 1.807) is 12.1 Å². The highest BCUT2D eigenvalue weighted by Gasteiger charge is 2.17. The molecule has 1 aromatic heterocycles. The highest BCUT2D eigenvalue weighted by Crippen LogP contribution is 2.29. The van der Waals surface area contributed by atoms with Crippen LogP contribution in [0.15, 0.2) is 16.5 Å². The molecule has 0 atom stereocenters. The van der Waals surface area contributed by atoms with Crippen molar-refractivity contribution in [3.63, 3.8) is 0 Å². The van der Waals surface area contributed by atoms with Crippen molar-refractivity contribution in [3.05, 3.63) is 28.1 Å². The van der Waals surface area contributed by atoms with Gasteiger partial charge in [0.2, 0.25) is 0 Å². The maximum absolute atomic E-state index is 6.09. The van der Waals surface area contributed by atoms with Gasteiger partial charge < -0.3 is 9.73 Å². The second kappa shape index (κ2) is 5.08. The average molecular weight is 285 g/mol. The molecule has 1 aliphatic rings. The Balaban J connectivity index is 1.86. The molecule has 0 saturated carbocycles. The van der Waals surface area contributed by atoms with Crippen LogP contribution in [0.25, 0.3) is 11.1 Å². The van der Waals surface area contributed by atoms with Gasteiger partial charge in [0.05, 0.1) is 5.02 Å². The van der Waals surface area contributed by atoms with Crippen molar-refractivity contribution in [2.24, 2.45) is 5.92 Å². The number of halogens is 2. The standard InChI is InChI=1S/C13H14Cl2N2O/c14-9-6-10(15)13-11(7-9)17-12(18-13)5-8-1-3-16-4-2-8/h6-8,16H,1-5H2. The van der Waals surface area contributed by atoms with Crippen LogP contribution in [-0.2, 0) is 6.42 Å². The lowest BCUT2D eigenvalue weighted by Gasteiger charge is -2.20. The number of nitrogens with one attached hydrogen (secondary N) is 1. The maximum Gasteiger partial charge on any atom is 0.195 e. The molecule has 18 heavy (non-hydrogen) atoms. The molecule has 2 heterocycles. The zero-order valence-electron chi connectivity index (χ0n) is 9.88. The molecule has 5 heteroatoms. The summed E-state index contributed by atoms with van der Waals surface area (Å²) in [5.74, 6) is 1.41. The first-order valence-electron chi connectivity index (χ1n) is 6.17. The van der Waals surface area contributed by atoms with Gasteiger partial charge in [-0.25, -0.2) is 4.98 Å². The second-order valence-electron chi connectivity index (χ2n) is 4.74. The number of hydrogen-bond acceptors (Lipinski definition) is 3. The SMILES string of the molecule is Clc1cc(Cl)c2oc(CC3CCNCC3)nc2c1. The third-order valence-corrected chi connectivity index (χ3v) is 3.87. The molecule has 3 rings (SSSR count). The van der Waals surface area contributed by atoms with E-state index in [9.17, 15) is 0 Å². The monoisotopic (exact) mass is 284 g/mol. The molecule has 3 nitrogen and oxygen atoms in total. The third kappa shape index (κ3) is 2.48. The number of piperidine rings is 1. The van der Waals surface area contributed by atoms with Crippen molar-refractivity contribution < 1.29 is 4.42 Å². The second-order valence-corrected chi connectivity index (χ2v) is 5.58. The molecule has 0 bridgehead atoms. The molecule has 1 aliphatic heterocycles. The first-order chi connectivity index (χ1) is 8.72. The van der Waals surface area contributed by atoms with Crippen LogP contribution in [0.2, 0.25) is 10.0 Å². The van der Waals surface area contributed by atoms with Gasteiger partial charge >= 0.3 is 0 Å². The maximum atomic E-state index is 6.09. The largest absolute Gasteiger partial charge is 0.439 e. The Morgan fingerprint density at radius 1 is 1.28 bits per heavy atom. The number of rotatable bonds is 2.